The highest BCUT2D eigenvalue weighted by Crippen LogP contribution is 2.54. The van der Waals surface area contributed by atoms with Gasteiger partial charge in [-0.2, -0.15) is 5.10 Å². The Bertz CT molecular complexity index is 361. The molecule has 1 N–H and O–H groups in total. The number of fused-ring (bicyclic) bond motifs is 1. The molecule has 0 aromatic rings. The Kier molecular flexibility index (Phi) is 3.31. The number of rotatable bonds is 3. The van der Waals surface area contributed by atoms with E-state index in [1.165, 1.54) is 6.42 Å². The summed E-state index contributed by atoms with van der Waals surface area (Å²) in [5.41, 5.74) is 0.327. The lowest BCUT2D eigenvalue weighted by atomic mass is 10.1. The summed E-state index contributed by atoms with van der Waals surface area (Å²) in [6.07, 6.45) is 6.96. The predicted octanol–water partition coefficient (Wildman–Crippen LogP) is 1.09. The van der Waals surface area contributed by atoms with E-state index in [-0.39, 0.29) is 0 Å². The van der Waals surface area contributed by atoms with E-state index in [4.69, 9.17) is 0 Å². The molecule has 1 aliphatic carbocycles. The van der Waals surface area contributed by atoms with Crippen molar-refractivity contribution >= 4 is 6.21 Å². The molecule has 0 aromatic heterocycles. The van der Waals surface area contributed by atoms with Gasteiger partial charge >= 0.3 is 0 Å². The van der Waals surface area contributed by atoms with Gasteiger partial charge in [0.1, 0.15) is 0 Å². The molecular formula is C13H19N3. The van der Waals surface area contributed by atoms with Gasteiger partial charge in [0.25, 0.3) is 0 Å². The number of piperidine rings is 1. The van der Waals surface area contributed by atoms with Crippen LogP contribution in [0.3, 0.4) is 0 Å². The van der Waals surface area contributed by atoms with Gasteiger partial charge in [-0.3, -0.25) is 5.01 Å². The summed E-state index contributed by atoms with van der Waals surface area (Å²) in [5.74, 6) is 7.46. The van der Waals surface area contributed by atoms with Gasteiger partial charge in [-0.05, 0) is 31.9 Å². The Balaban J connectivity index is 1.77. The highest BCUT2D eigenvalue weighted by molar-refractivity contribution is 5.70. The number of allylic oxidation sites excluding steroid dienone is 2. The van der Waals surface area contributed by atoms with Crippen molar-refractivity contribution in [3.8, 4) is 11.8 Å². The second-order valence-corrected chi connectivity index (χ2v) is 4.60. The monoisotopic (exact) mass is 217 g/mol. The molecule has 0 spiro atoms. The highest BCUT2D eigenvalue weighted by atomic mass is 15.4. The third-order valence-corrected chi connectivity index (χ3v) is 3.25. The second-order valence-electron chi connectivity index (χ2n) is 4.60. The van der Waals surface area contributed by atoms with Gasteiger partial charge in [-0.15, -0.1) is 0 Å². The van der Waals surface area contributed by atoms with E-state index in [0.717, 1.165) is 19.0 Å². The summed E-state index contributed by atoms with van der Waals surface area (Å²) in [5, 5.41) is 9.47. The van der Waals surface area contributed by atoms with Crippen molar-refractivity contribution in [2.75, 3.05) is 26.7 Å². The quantitative estimate of drug-likeness (QED) is 0.435. The van der Waals surface area contributed by atoms with E-state index in [9.17, 15) is 0 Å². The average Bonchev–Trinajstić information content (AvgIpc) is 2.81. The van der Waals surface area contributed by atoms with E-state index in [1.807, 2.05) is 31.1 Å². The lowest BCUT2D eigenvalue weighted by molar-refractivity contribution is 0.403. The Labute approximate surface area is 97.6 Å². The van der Waals surface area contributed by atoms with Gasteiger partial charge in [-0.25, -0.2) is 0 Å². The Morgan fingerprint density at radius 1 is 1.62 bits per heavy atom. The van der Waals surface area contributed by atoms with Gasteiger partial charge in [0.05, 0.1) is 6.54 Å². The molecule has 1 heterocycles. The Hall–Kier alpha value is -1.27. The first-order valence-corrected chi connectivity index (χ1v) is 5.84. The summed E-state index contributed by atoms with van der Waals surface area (Å²) < 4.78 is 0. The van der Waals surface area contributed by atoms with Gasteiger partial charge in [-0.1, -0.05) is 17.9 Å². The molecule has 0 aromatic carbocycles. The van der Waals surface area contributed by atoms with Crippen LogP contribution < -0.4 is 5.32 Å². The highest BCUT2D eigenvalue weighted by Gasteiger charge is 2.56. The lowest BCUT2D eigenvalue weighted by Gasteiger charge is -2.07. The van der Waals surface area contributed by atoms with E-state index in [2.05, 4.69) is 22.3 Å². The minimum absolute atomic E-state index is 0.327. The smallest absolute Gasteiger partial charge is 0.0965 e. The molecule has 2 aliphatic rings. The maximum Gasteiger partial charge on any atom is 0.0965 e. The summed E-state index contributed by atoms with van der Waals surface area (Å²) >= 11 is 0. The minimum Gasteiger partial charge on any atom is -0.315 e. The fourth-order valence-corrected chi connectivity index (χ4v) is 2.14. The SMILES string of the molecule is C/C=C\C=N/N(C)CC#CC12CNCC1C2. The standard InChI is InChI=1S/C13H19N3/c1-3-4-7-15-16(2)8-5-6-13-9-12(13)10-14-11-13/h3-4,7,12,14H,8-11H2,1-2H3/b4-3-,15-7-. The predicted molar refractivity (Wildman–Crippen MR) is 67.1 cm³/mol. The van der Waals surface area contributed by atoms with Crippen molar-refractivity contribution in [2.24, 2.45) is 16.4 Å². The van der Waals surface area contributed by atoms with Crippen molar-refractivity contribution in [2.45, 2.75) is 13.3 Å². The van der Waals surface area contributed by atoms with Gasteiger partial charge in [0.15, 0.2) is 0 Å². The molecule has 86 valence electrons. The summed E-state index contributed by atoms with van der Waals surface area (Å²) in [6, 6.07) is 0. The summed E-state index contributed by atoms with van der Waals surface area (Å²) in [6.45, 7) is 4.92. The molecule has 1 aliphatic heterocycles. The zero-order chi connectivity index (χ0) is 11.4. The van der Waals surface area contributed by atoms with Crippen molar-refractivity contribution < 1.29 is 0 Å². The lowest BCUT2D eigenvalue weighted by Crippen LogP contribution is -2.15. The molecule has 1 saturated carbocycles. The van der Waals surface area contributed by atoms with Gasteiger partial charge in [0, 0.05) is 25.2 Å². The molecule has 2 atom stereocenters. The first-order valence-electron chi connectivity index (χ1n) is 5.84. The number of nitrogens with one attached hydrogen (secondary N) is 1. The van der Waals surface area contributed by atoms with Gasteiger partial charge in [0.2, 0.25) is 0 Å². The van der Waals surface area contributed by atoms with Crippen LogP contribution in [0.25, 0.3) is 0 Å². The average molecular weight is 217 g/mol. The summed E-state index contributed by atoms with van der Waals surface area (Å²) in [7, 11) is 1.95. The second kappa shape index (κ2) is 4.71. The number of nitrogens with zero attached hydrogens (tertiary/aromatic N) is 2. The molecule has 0 radical (unpaired) electrons. The van der Waals surface area contributed by atoms with Gasteiger partial charge < -0.3 is 5.32 Å². The fourth-order valence-electron chi connectivity index (χ4n) is 2.14. The van der Waals surface area contributed by atoms with E-state index < -0.39 is 0 Å². The molecule has 16 heavy (non-hydrogen) atoms. The van der Waals surface area contributed by atoms with Crippen molar-refractivity contribution in [3.63, 3.8) is 0 Å². The number of hydrogen-bond acceptors (Lipinski definition) is 3. The maximum atomic E-state index is 4.22. The molecule has 2 unspecified atom stereocenters. The first-order chi connectivity index (χ1) is 7.77. The number of hydrazone groups is 1. The first kappa shape index (κ1) is 11.2. The van der Waals surface area contributed by atoms with Crippen LogP contribution in [0.1, 0.15) is 13.3 Å². The molecule has 3 heteroatoms. The molecule has 0 bridgehead atoms. The van der Waals surface area contributed by atoms with Crippen LogP contribution in [-0.4, -0.2) is 37.9 Å². The largest absolute Gasteiger partial charge is 0.315 e. The van der Waals surface area contributed by atoms with E-state index in [0.29, 0.717) is 12.0 Å². The minimum atomic E-state index is 0.327. The molecular weight excluding hydrogens is 198 g/mol. The van der Waals surface area contributed by atoms with Crippen LogP contribution in [0.2, 0.25) is 0 Å². The zero-order valence-corrected chi connectivity index (χ0v) is 10.0. The van der Waals surface area contributed by atoms with Crippen LogP contribution in [0.5, 0.6) is 0 Å². The third-order valence-electron chi connectivity index (χ3n) is 3.25. The maximum absolute atomic E-state index is 4.22. The van der Waals surface area contributed by atoms with Crippen LogP contribution in [-0.2, 0) is 0 Å². The van der Waals surface area contributed by atoms with Crippen molar-refractivity contribution in [1.82, 2.24) is 10.3 Å². The van der Waals surface area contributed by atoms with Crippen molar-refractivity contribution in [1.29, 1.82) is 0 Å². The molecule has 0 amide bonds. The zero-order valence-electron chi connectivity index (χ0n) is 10.0. The molecule has 2 fully saturated rings. The normalized spacial score (nSPS) is 31.5. The third kappa shape index (κ3) is 2.45. The van der Waals surface area contributed by atoms with Crippen LogP contribution in [0.4, 0.5) is 0 Å². The summed E-state index contributed by atoms with van der Waals surface area (Å²) in [4.78, 5) is 0. The number of hydrogen-bond donors (Lipinski definition) is 1. The molecule has 3 nitrogen and oxygen atoms in total. The molecule has 1 saturated heterocycles. The Morgan fingerprint density at radius 2 is 2.50 bits per heavy atom. The topological polar surface area (TPSA) is 27.6 Å². The van der Waals surface area contributed by atoms with E-state index in [1.54, 1.807) is 6.21 Å². The molecule has 2 rings (SSSR count). The van der Waals surface area contributed by atoms with Crippen LogP contribution >= 0.6 is 0 Å². The van der Waals surface area contributed by atoms with Crippen LogP contribution in [0.15, 0.2) is 17.3 Å². The van der Waals surface area contributed by atoms with Crippen molar-refractivity contribution in [3.05, 3.63) is 12.2 Å². The Morgan fingerprint density at radius 3 is 3.12 bits per heavy atom. The fraction of sp³-hybridized carbons (Fsp3) is 0.615. The van der Waals surface area contributed by atoms with E-state index >= 15 is 0 Å². The van der Waals surface area contributed by atoms with Crippen LogP contribution in [0, 0.1) is 23.2 Å².